The zero-order chi connectivity index (χ0) is 19.8. The quantitative estimate of drug-likeness (QED) is 0.703. The number of anilines is 1. The number of rotatable bonds is 4. The molecule has 5 nitrogen and oxygen atoms in total. The van der Waals surface area contributed by atoms with Crippen LogP contribution in [0.2, 0.25) is 0 Å². The van der Waals surface area contributed by atoms with E-state index in [9.17, 15) is 29.0 Å². The molecular weight excluding hydrogens is 383 g/mol. The zero-order valence-corrected chi connectivity index (χ0v) is 13.4. The molecular formula is C15H9F5N2O3S. The molecule has 138 valence electrons. The summed E-state index contributed by atoms with van der Waals surface area (Å²) in [4.78, 5) is 20.8. The van der Waals surface area contributed by atoms with Crippen LogP contribution >= 0.6 is 10.2 Å². The van der Waals surface area contributed by atoms with Crippen LogP contribution in [0.25, 0.3) is 0 Å². The molecule has 11 heteroatoms. The summed E-state index contributed by atoms with van der Waals surface area (Å²) in [6.45, 7) is 0. The van der Waals surface area contributed by atoms with Gasteiger partial charge in [-0.2, -0.15) is 5.26 Å². The lowest BCUT2D eigenvalue weighted by atomic mass is 10.1. The number of carboxylic acids is 1. The summed E-state index contributed by atoms with van der Waals surface area (Å²) < 4.78 is 65.3. The Kier molecular flexibility index (Phi) is 4.01. The topological polar surface area (TPSA) is 90.2 Å². The molecule has 0 aromatic heterocycles. The zero-order valence-electron chi connectivity index (χ0n) is 12.6. The number of halogens is 5. The number of carbonyl (C=O) groups excluding carboxylic acids is 1. The molecule has 2 rings (SSSR count). The lowest BCUT2D eigenvalue weighted by Gasteiger charge is -2.41. The maximum atomic E-state index is 13.1. The van der Waals surface area contributed by atoms with E-state index in [2.05, 4.69) is 0 Å². The van der Waals surface area contributed by atoms with Gasteiger partial charge in [0.15, 0.2) is 0 Å². The third-order valence-corrected chi connectivity index (χ3v) is 4.35. The second-order valence-electron chi connectivity index (χ2n) is 5.10. The number of nitrogens with one attached hydrogen (secondary N) is 1. The first-order chi connectivity index (χ1) is 11.7. The second kappa shape index (κ2) is 5.43. The summed E-state index contributed by atoms with van der Waals surface area (Å²) in [7, 11) is -10.2. The van der Waals surface area contributed by atoms with Crippen LogP contribution < -0.4 is 5.32 Å². The highest BCUT2D eigenvalue weighted by Gasteiger charge is 2.66. The normalized spacial score (nSPS) is 13.8. The molecule has 2 aromatic carbocycles. The Balaban J connectivity index is 2.49. The summed E-state index contributed by atoms with van der Waals surface area (Å²) in [5.74, 6) is -2.57. The average molecular weight is 392 g/mol. The van der Waals surface area contributed by atoms with Crippen LogP contribution in [-0.4, -0.2) is 17.0 Å². The van der Waals surface area contributed by atoms with Crippen molar-refractivity contribution < 1.29 is 34.1 Å². The Morgan fingerprint density at radius 1 is 1.00 bits per heavy atom. The average Bonchev–Trinajstić information content (AvgIpc) is 2.52. The molecule has 0 atom stereocenters. The van der Waals surface area contributed by atoms with Crippen molar-refractivity contribution in [2.24, 2.45) is 0 Å². The lowest BCUT2D eigenvalue weighted by molar-refractivity contribution is 0.0692. The first-order valence-corrected chi connectivity index (χ1v) is 8.60. The van der Waals surface area contributed by atoms with E-state index in [-0.39, 0.29) is 11.6 Å². The fraction of sp³-hybridized carbons (Fsp3) is 0. The predicted molar refractivity (Wildman–Crippen MR) is 83.9 cm³/mol. The van der Waals surface area contributed by atoms with Crippen LogP contribution in [0.3, 0.4) is 0 Å². The molecule has 0 bridgehead atoms. The number of carbonyl (C=O) groups is 2. The highest BCUT2D eigenvalue weighted by molar-refractivity contribution is 8.45. The van der Waals surface area contributed by atoms with Crippen LogP contribution in [0.15, 0.2) is 47.4 Å². The van der Waals surface area contributed by atoms with Crippen molar-refractivity contribution >= 4 is 27.8 Å². The van der Waals surface area contributed by atoms with Gasteiger partial charge in [0.25, 0.3) is 5.91 Å². The van der Waals surface area contributed by atoms with Crippen LogP contribution in [-0.2, 0) is 0 Å². The van der Waals surface area contributed by atoms with Gasteiger partial charge in [-0.25, -0.2) is 4.79 Å². The standard InChI is InChI=1S/C15H9F5N2O3S/c16-26(17,18,19,20)13-7-10(6-5-9(13)8-21)22-14(23)11-3-1-2-4-12(11)15(24)25/h1-7H,(H,22,23)(H,24,25). The van der Waals surface area contributed by atoms with Crippen molar-refractivity contribution in [3.63, 3.8) is 0 Å². The number of benzene rings is 2. The Hall–Kier alpha value is -3.13. The summed E-state index contributed by atoms with van der Waals surface area (Å²) in [5, 5.41) is 19.6. The number of amides is 1. The molecule has 2 aromatic rings. The highest BCUT2D eigenvalue weighted by atomic mass is 32.5. The molecule has 2 N–H and O–H groups in total. The van der Waals surface area contributed by atoms with E-state index in [0.29, 0.717) is 6.07 Å². The molecule has 26 heavy (non-hydrogen) atoms. The van der Waals surface area contributed by atoms with Gasteiger partial charge in [0.05, 0.1) is 16.7 Å². The van der Waals surface area contributed by atoms with Gasteiger partial charge < -0.3 is 10.4 Å². The Morgan fingerprint density at radius 3 is 2.08 bits per heavy atom. The molecule has 0 spiro atoms. The monoisotopic (exact) mass is 392 g/mol. The number of hydrogen-bond acceptors (Lipinski definition) is 3. The van der Waals surface area contributed by atoms with Crippen molar-refractivity contribution in [3.05, 3.63) is 59.2 Å². The third-order valence-electron chi connectivity index (χ3n) is 3.18. The van der Waals surface area contributed by atoms with Crippen molar-refractivity contribution in [1.29, 1.82) is 5.26 Å². The van der Waals surface area contributed by atoms with Gasteiger partial charge in [-0.15, -0.1) is 0 Å². The van der Waals surface area contributed by atoms with E-state index in [1.807, 2.05) is 5.32 Å². The van der Waals surface area contributed by atoms with Crippen molar-refractivity contribution in [2.45, 2.75) is 4.90 Å². The molecule has 0 saturated heterocycles. The van der Waals surface area contributed by atoms with Gasteiger partial charge in [0.2, 0.25) is 0 Å². The van der Waals surface area contributed by atoms with Gasteiger partial charge >= 0.3 is 16.2 Å². The van der Waals surface area contributed by atoms with E-state index in [4.69, 9.17) is 10.4 Å². The van der Waals surface area contributed by atoms with Crippen molar-refractivity contribution in [2.75, 3.05) is 5.32 Å². The van der Waals surface area contributed by atoms with Gasteiger partial charge in [-0.05, 0) is 30.3 Å². The SMILES string of the molecule is N#Cc1ccc(NC(=O)c2ccccc2C(=O)O)cc1S(F)(F)(F)(F)F. The van der Waals surface area contributed by atoms with Gasteiger partial charge in [0.1, 0.15) is 11.0 Å². The van der Waals surface area contributed by atoms with Crippen LogP contribution in [0.4, 0.5) is 25.1 Å². The smallest absolute Gasteiger partial charge is 0.336 e. The van der Waals surface area contributed by atoms with E-state index >= 15 is 0 Å². The molecule has 0 aliphatic carbocycles. The van der Waals surface area contributed by atoms with Crippen molar-refractivity contribution in [3.8, 4) is 6.07 Å². The van der Waals surface area contributed by atoms with Crippen LogP contribution in [0, 0.1) is 11.3 Å². The van der Waals surface area contributed by atoms with Gasteiger partial charge in [0, 0.05) is 5.69 Å². The first kappa shape index (κ1) is 19.2. The highest BCUT2D eigenvalue weighted by Crippen LogP contribution is 3.02. The Morgan fingerprint density at radius 2 is 1.58 bits per heavy atom. The molecule has 0 aliphatic heterocycles. The maximum absolute atomic E-state index is 13.1. The number of nitriles is 1. The predicted octanol–water partition coefficient (Wildman–Crippen LogP) is 5.17. The number of nitrogens with zero attached hydrogens (tertiary/aromatic N) is 1. The fourth-order valence-electron chi connectivity index (χ4n) is 2.08. The summed E-state index contributed by atoms with van der Waals surface area (Å²) in [6, 6.07) is 7.14. The number of carboxylic acid groups (broad SMARTS) is 1. The van der Waals surface area contributed by atoms with Crippen molar-refractivity contribution in [1.82, 2.24) is 0 Å². The molecule has 0 radical (unpaired) electrons. The van der Waals surface area contributed by atoms with Gasteiger partial charge in [-0.3, -0.25) is 4.79 Å². The van der Waals surface area contributed by atoms with Gasteiger partial charge in [-0.1, -0.05) is 31.6 Å². The van der Waals surface area contributed by atoms with E-state index in [1.54, 1.807) is 0 Å². The first-order valence-electron chi connectivity index (χ1n) is 6.65. The number of hydrogen-bond donors (Lipinski definition) is 2. The minimum absolute atomic E-state index is 0.0542. The summed E-state index contributed by atoms with van der Waals surface area (Å²) >= 11 is 0. The van der Waals surface area contributed by atoms with Crippen LogP contribution in [0.1, 0.15) is 26.3 Å². The molecule has 0 saturated carbocycles. The number of aromatic carboxylic acids is 1. The molecule has 1 amide bonds. The second-order valence-corrected chi connectivity index (χ2v) is 7.47. The maximum Gasteiger partial charge on any atom is 0.336 e. The molecule has 0 aliphatic rings. The minimum Gasteiger partial charge on any atom is -0.478 e. The lowest BCUT2D eigenvalue weighted by Crippen LogP contribution is -2.17. The Bertz CT molecular complexity index is 968. The summed E-state index contributed by atoms with van der Waals surface area (Å²) in [5.41, 5.74) is -2.77. The van der Waals surface area contributed by atoms with E-state index in [1.165, 1.54) is 12.1 Å². The Labute approximate surface area is 143 Å². The van der Waals surface area contributed by atoms with E-state index in [0.717, 1.165) is 24.3 Å². The largest absolute Gasteiger partial charge is 0.478 e. The van der Waals surface area contributed by atoms with Crippen LogP contribution in [0.5, 0.6) is 0 Å². The molecule has 0 fully saturated rings. The minimum atomic E-state index is -10.2. The molecule has 0 heterocycles. The third kappa shape index (κ3) is 4.09. The fourth-order valence-corrected chi connectivity index (χ4v) is 2.96. The molecule has 0 unspecified atom stereocenters. The van der Waals surface area contributed by atoms with E-state index < -0.39 is 43.8 Å². The summed E-state index contributed by atoms with van der Waals surface area (Å²) in [6.07, 6.45) is 0.